The van der Waals surface area contributed by atoms with Gasteiger partial charge in [0, 0.05) is 31.2 Å². The lowest BCUT2D eigenvalue weighted by Crippen LogP contribution is -2.46. The molecule has 0 atom stereocenters. The molecule has 0 radical (unpaired) electrons. The lowest BCUT2D eigenvalue weighted by molar-refractivity contribution is -0.115. The Hall–Kier alpha value is -2.24. The Morgan fingerprint density at radius 1 is 1.15 bits per heavy atom. The average molecular weight is 388 g/mol. The molecule has 0 aromatic heterocycles. The zero-order valence-corrected chi connectivity index (χ0v) is 16.6. The number of ether oxygens (including phenoxy) is 1. The first kappa shape index (κ1) is 19.5. The van der Waals surface area contributed by atoms with Gasteiger partial charge in [0.05, 0.1) is 24.9 Å². The molecule has 0 unspecified atom stereocenters. The van der Waals surface area contributed by atoms with Crippen molar-refractivity contribution in [3.05, 3.63) is 53.1 Å². The third-order valence-corrected chi connectivity index (χ3v) is 5.13. The van der Waals surface area contributed by atoms with Crippen LogP contribution in [0.5, 0.6) is 5.75 Å². The third-order valence-electron chi connectivity index (χ3n) is 4.89. The maximum atomic E-state index is 12.6. The molecular formula is C21H26ClN3O2. The van der Waals surface area contributed by atoms with Crippen LogP contribution < -0.4 is 15.0 Å². The number of halogens is 1. The number of carbonyl (C=O) groups is 1. The second kappa shape index (κ2) is 9.11. The molecule has 1 saturated heterocycles. The van der Waals surface area contributed by atoms with Crippen molar-refractivity contribution in [3.8, 4) is 5.75 Å². The van der Waals surface area contributed by atoms with E-state index in [1.165, 1.54) is 0 Å². The number of hydrogen-bond donors (Lipinski definition) is 1. The SMILES string of the molecule is CCN1CCN(c2ccc(Cl)cc2NC(=O)Cc2cccc(OC)c2)CC1. The standard InChI is InChI=1S/C21H26ClN3O2/c1-3-24-9-11-25(12-10-24)20-8-7-17(22)15-19(20)23-21(26)14-16-5-4-6-18(13-16)27-2/h4-8,13,15H,3,9-12,14H2,1-2H3,(H,23,26). The van der Waals surface area contributed by atoms with E-state index in [4.69, 9.17) is 16.3 Å². The number of amides is 1. The first-order valence-corrected chi connectivity index (χ1v) is 9.66. The highest BCUT2D eigenvalue weighted by atomic mass is 35.5. The van der Waals surface area contributed by atoms with Crippen LogP contribution in [0.15, 0.2) is 42.5 Å². The molecule has 3 rings (SSSR count). The van der Waals surface area contributed by atoms with Crippen LogP contribution in [0.25, 0.3) is 0 Å². The smallest absolute Gasteiger partial charge is 0.228 e. The number of hydrogen-bond acceptors (Lipinski definition) is 4. The lowest BCUT2D eigenvalue weighted by Gasteiger charge is -2.36. The van der Waals surface area contributed by atoms with Gasteiger partial charge >= 0.3 is 0 Å². The topological polar surface area (TPSA) is 44.8 Å². The molecule has 0 spiro atoms. The van der Waals surface area contributed by atoms with Gasteiger partial charge in [-0.05, 0) is 42.4 Å². The van der Waals surface area contributed by atoms with E-state index in [0.29, 0.717) is 5.02 Å². The number of nitrogens with zero attached hydrogens (tertiary/aromatic N) is 2. The van der Waals surface area contributed by atoms with Gasteiger partial charge < -0.3 is 19.9 Å². The molecule has 1 amide bonds. The molecule has 0 bridgehead atoms. The molecule has 0 saturated carbocycles. The maximum absolute atomic E-state index is 12.6. The highest BCUT2D eigenvalue weighted by Crippen LogP contribution is 2.30. The van der Waals surface area contributed by atoms with Crippen molar-refractivity contribution in [2.45, 2.75) is 13.3 Å². The summed E-state index contributed by atoms with van der Waals surface area (Å²) in [7, 11) is 1.62. The van der Waals surface area contributed by atoms with Gasteiger partial charge in [-0.3, -0.25) is 4.79 Å². The number of nitrogens with one attached hydrogen (secondary N) is 1. The zero-order valence-electron chi connectivity index (χ0n) is 15.9. The summed E-state index contributed by atoms with van der Waals surface area (Å²) in [6.07, 6.45) is 0.284. The molecule has 5 nitrogen and oxygen atoms in total. The van der Waals surface area contributed by atoms with Gasteiger partial charge in [-0.1, -0.05) is 30.7 Å². The Balaban J connectivity index is 1.72. The molecule has 27 heavy (non-hydrogen) atoms. The van der Waals surface area contributed by atoms with Gasteiger partial charge in [0.15, 0.2) is 0 Å². The van der Waals surface area contributed by atoms with Crippen LogP contribution in [0.1, 0.15) is 12.5 Å². The molecule has 2 aromatic carbocycles. The van der Waals surface area contributed by atoms with E-state index >= 15 is 0 Å². The van der Waals surface area contributed by atoms with Gasteiger partial charge in [-0.2, -0.15) is 0 Å². The van der Waals surface area contributed by atoms with Crippen LogP contribution in [-0.4, -0.2) is 50.6 Å². The number of carbonyl (C=O) groups excluding carboxylic acids is 1. The number of likely N-dealkylation sites (N-methyl/N-ethyl adjacent to an activating group) is 1. The fourth-order valence-electron chi connectivity index (χ4n) is 3.35. The quantitative estimate of drug-likeness (QED) is 0.821. The Morgan fingerprint density at radius 3 is 2.63 bits per heavy atom. The second-order valence-electron chi connectivity index (χ2n) is 6.66. The largest absolute Gasteiger partial charge is 0.497 e. The molecule has 1 N–H and O–H groups in total. The van der Waals surface area contributed by atoms with Gasteiger partial charge in [-0.25, -0.2) is 0 Å². The predicted molar refractivity (Wildman–Crippen MR) is 111 cm³/mol. The number of anilines is 2. The highest BCUT2D eigenvalue weighted by molar-refractivity contribution is 6.31. The van der Waals surface area contributed by atoms with Crippen molar-refractivity contribution in [1.82, 2.24) is 4.90 Å². The molecule has 1 aliphatic rings. The van der Waals surface area contributed by atoms with E-state index in [2.05, 4.69) is 22.0 Å². The Bertz CT molecular complexity index is 789. The first-order valence-electron chi connectivity index (χ1n) is 9.28. The van der Waals surface area contributed by atoms with Crippen molar-refractivity contribution >= 4 is 28.9 Å². The Labute approximate surface area is 165 Å². The number of methoxy groups -OCH3 is 1. The van der Waals surface area contributed by atoms with Crippen LogP contribution in [-0.2, 0) is 11.2 Å². The fourth-order valence-corrected chi connectivity index (χ4v) is 3.52. The summed E-state index contributed by atoms with van der Waals surface area (Å²) in [4.78, 5) is 17.3. The molecule has 0 aliphatic carbocycles. The molecule has 144 valence electrons. The van der Waals surface area contributed by atoms with E-state index in [1.54, 1.807) is 7.11 Å². The van der Waals surface area contributed by atoms with Crippen LogP contribution in [0.3, 0.4) is 0 Å². The summed E-state index contributed by atoms with van der Waals surface area (Å²) in [5.74, 6) is 0.677. The summed E-state index contributed by atoms with van der Waals surface area (Å²) < 4.78 is 5.23. The maximum Gasteiger partial charge on any atom is 0.228 e. The number of benzene rings is 2. The van der Waals surface area contributed by atoms with E-state index in [0.717, 1.165) is 55.4 Å². The summed E-state index contributed by atoms with van der Waals surface area (Å²) in [6.45, 7) is 7.18. The van der Waals surface area contributed by atoms with Gasteiger partial charge in [0.25, 0.3) is 0 Å². The van der Waals surface area contributed by atoms with E-state index in [1.807, 2.05) is 42.5 Å². The minimum atomic E-state index is -0.0704. The fraction of sp³-hybridized carbons (Fsp3) is 0.381. The van der Waals surface area contributed by atoms with Crippen LogP contribution in [0.4, 0.5) is 11.4 Å². The van der Waals surface area contributed by atoms with Crippen molar-refractivity contribution in [2.24, 2.45) is 0 Å². The first-order chi connectivity index (χ1) is 13.1. The summed E-state index contributed by atoms with van der Waals surface area (Å²) in [5.41, 5.74) is 2.70. The summed E-state index contributed by atoms with van der Waals surface area (Å²) in [5, 5.41) is 3.65. The van der Waals surface area contributed by atoms with E-state index in [-0.39, 0.29) is 12.3 Å². The molecule has 6 heteroatoms. The molecular weight excluding hydrogens is 362 g/mol. The van der Waals surface area contributed by atoms with Gasteiger partial charge in [0.1, 0.15) is 5.75 Å². The van der Waals surface area contributed by atoms with Crippen LogP contribution in [0, 0.1) is 0 Å². The van der Waals surface area contributed by atoms with Crippen molar-refractivity contribution in [2.75, 3.05) is 50.1 Å². The predicted octanol–water partition coefficient (Wildman–Crippen LogP) is 3.67. The van der Waals surface area contributed by atoms with Crippen molar-refractivity contribution in [3.63, 3.8) is 0 Å². The zero-order chi connectivity index (χ0) is 19.2. The van der Waals surface area contributed by atoms with E-state index < -0.39 is 0 Å². The van der Waals surface area contributed by atoms with Crippen LogP contribution in [0.2, 0.25) is 5.02 Å². The molecule has 1 fully saturated rings. The molecule has 1 aliphatic heterocycles. The second-order valence-corrected chi connectivity index (χ2v) is 7.10. The normalized spacial score (nSPS) is 14.9. The van der Waals surface area contributed by atoms with E-state index in [9.17, 15) is 4.79 Å². The third kappa shape index (κ3) is 5.15. The summed E-state index contributed by atoms with van der Waals surface area (Å²) >= 11 is 6.19. The Kier molecular flexibility index (Phi) is 6.58. The highest BCUT2D eigenvalue weighted by Gasteiger charge is 2.19. The number of rotatable bonds is 6. The van der Waals surface area contributed by atoms with Gasteiger partial charge in [0.2, 0.25) is 5.91 Å². The molecule has 1 heterocycles. The van der Waals surface area contributed by atoms with Crippen molar-refractivity contribution in [1.29, 1.82) is 0 Å². The number of piperazine rings is 1. The summed E-state index contributed by atoms with van der Waals surface area (Å²) in [6, 6.07) is 13.2. The molecule has 2 aromatic rings. The average Bonchev–Trinajstić information content (AvgIpc) is 2.68. The lowest BCUT2D eigenvalue weighted by atomic mass is 10.1. The Morgan fingerprint density at radius 2 is 1.93 bits per heavy atom. The van der Waals surface area contributed by atoms with Crippen LogP contribution >= 0.6 is 11.6 Å². The minimum Gasteiger partial charge on any atom is -0.497 e. The van der Waals surface area contributed by atoms with Crippen molar-refractivity contribution < 1.29 is 9.53 Å². The van der Waals surface area contributed by atoms with Gasteiger partial charge in [-0.15, -0.1) is 0 Å². The monoisotopic (exact) mass is 387 g/mol. The minimum absolute atomic E-state index is 0.0704.